The Morgan fingerprint density at radius 1 is 1.19 bits per heavy atom. The Labute approximate surface area is 180 Å². The molecule has 1 fully saturated rings. The van der Waals surface area contributed by atoms with Crippen LogP contribution in [-0.2, 0) is 0 Å². The molecular weight excluding hydrogens is 396 g/mol. The van der Waals surface area contributed by atoms with E-state index in [4.69, 9.17) is 10.00 Å². The third-order valence-corrected chi connectivity index (χ3v) is 5.01. The van der Waals surface area contributed by atoms with Crippen LogP contribution in [0.1, 0.15) is 37.8 Å². The molecule has 162 valence electrons. The second kappa shape index (κ2) is 10.9. The van der Waals surface area contributed by atoms with Crippen molar-refractivity contribution < 1.29 is 4.74 Å². The molecule has 0 saturated heterocycles. The number of anilines is 2. The maximum atomic E-state index is 12.0. The second-order valence-corrected chi connectivity index (χ2v) is 7.06. The molecule has 1 aliphatic rings. The molecule has 0 atom stereocenters. The average Bonchev–Trinajstić information content (AvgIpc) is 3.28. The highest BCUT2D eigenvalue weighted by atomic mass is 16.5. The first-order chi connectivity index (χ1) is 15.1. The SMILES string of the molecule is CNC1CCCCC1.COc1[nH]ccc(=O)c1-c1cc(Nc2cnc(C#N)cn2)n[nH]1. The van der Waals surface area contributed by atoms with Gasteiger partial charge in [0.2, 0.25) is 5.88 Å². The molecule has 3 heterocycles. The molecule has 1 saturated carbocycles. The Kier molecular flexibility index (Phi) is 7.73. The van der Waals surface area contributed by atoms with Gasteiger partial charge in [-0.15, -0.1) is 0 Å². The van der Waals surface area contributed by atoms with Crippen molar-refractivity contribution in [2.75, 3.05) is 19.5 Å². The van der Waals surface area contributed by atoms with E-state index < -0.39 is 0 Å². The van der Waals surface area contributed by atoms with Crippen LogP contribution in [0.3, 0.4) is 0 Å². The van der Waals surface area contributed by atoms with Gasteiger partial charge in [0.05, 0.1) is 25.2 Å². The Morgan fingerprint density at radius 3 is 2.61 bits per heavy atom. The molecule has 10 heteroatoms. The van der Waals surface area contributed by atoms with Gasteiger partial charge in [0, 0.05) is 24.4 Å². The monoisotopic (exact) mass is 422 g/mol. The van der Waals surface area contributed by atoms with E-state index in [1.165, 1.54) is 63.9 Å². The fourth-order valence-electron chi connectivity index (χ4n) is 3.36. The van der Waals surface area contributed by atoms with E-state index in [1.807, 2.05) is 6.07 Å². The Hall–Kier alpha value is -3.71. The van der Waals surface area contributed by atoms with Crippen molar-refractivity contribution in [2.45, 2.75) is 38.1 Å². The van der Waals surface area contributed by atoms with E-state index in [9.17, 15) is 4.79 Å². The van der Waals surface area contributed by atoms with E-state index in [0.29, 0.717) is 28.8 Å². The molecule has 31 heavy (non-hydrogen) atoms. The number of ether oxygens (including phenoxy) is 1. The first-order valence-electron chi connectivity index (χ1n) is 10.1. The summed E-state index contributed by atoms with van der Waals surface area (Å²) in [6, 6.07) is 5.77. The first kappa shape index (κ1) is 22.0. The molecule has 3 aromatic rings. The van der Waals surface area contributed by atoms with Gasteiger partial charge >= 0.3 is 0 Å². The summed E-state index contributed by atoms with van der Waals surface area (Å²) in [6.07, 6.45) is 11.4. The molecule has 3 aromatic heterocycles. The van der Waals surface area contributed by atoms with Gasteiger partial charge in [0.25, 0.3) is 0 Å². The first-order valence-corrected chi connectivity index (χ1v) is 10.1. The minimum atomic E-state index is -0.200. The van der Waals surface area contributed by atoms with Gasteiger partial charge in [-0.25, -0.2) is 9.97 Å². The van der Waals surface area contributed by atoms with Crippen molar-refractivity contribution in [1.82, 2.24) is 30.5 Å². The van der Waals surface area contributed by atoms with Crippen molar-refractivity contribution in [2.24, 2.45) is 0 Å². The van der Waals surface area contributed by atoms with Crippen LogP contribution < -0.4 is 20.8 Å². The van der Waals surface area contributed by atoms with Crippen LogP contribution in [0.2, 0.25) is 0 Å². The summed E-state index contributed by atoms with van der Waals surface area (Å²) in [5.74, 6) is 1.21. The number of hydrogen-bond donors (Lipinski definition) is 4. The largest absolute Gasteiger partial charge is 0.482 e. The molecule has 0 aromatic carbocycles. The van der Waals surface area contributed by atoms with Crippen LogP contribution in [-0.4, -0.2) is 45.3 Å². The highest BCUT2D eigenvalue weighted by molar-refractivity contribution is 5.68. The summed E-state index contributed by atoms with van der Waals surface area (Å²) in [4.78, 5) is 22.8. The van der Waals surface area contributed by atoms with Crippen LogP contribution in [0.25, 0.3) is 11.3 Å². The smallest absolute Gasteiger partial charge is 0.204 e. The quantitative estimate of drug-likeness (QED) is 0.491. The van der Waals surface area contributed by atoms with E-state index >= 15 is 0 Å². The van der Waals surface area contributed by atoms with E-state index in [-0.39, 0.29) is 11.1 Å². The maximum Gasteiger partial charge on any atom is 0.204 e. The summed E-state index contributed by atoms with van der Waals surface area (Å²) in [5, 5.41) is 21.8. The molecule has 10 nitrogen and oxygen atoms in total. The zero-order chi connectivity index (χ0) is 22.1. The predicted molar refractivity (Wildman–Crippen MR) is 117 cm³/mol. The van der Waals surface area contributed by atoms with Gasteiger partial charge in [0.1, 0.15) is 17.5 Å². The lowest BCUT2D eigenvalue weighted by Gasteiger charge is -2.20. The molecule has 0 unspecified atom stereocenters. The number of H-pyrrole nitrogens is 2. The number of nitriles is 1. The number of hydrogen-bond acceptors (Lipinski definition) is 8. The maximum absolute atomic E-state index is 12.0. The van der Waals surface area contributed by atoms with Gasteiger partial charge in [-0.2, -0.15) is 10.4 Å². The molecule has 0 radical (unpaired) electrons. The molecule has 4 N–H and O–H groups in total. The predicted octanol–water partition coefficient (Wildman–Crippen LogP) is 2.72. The number of rotatable bonds is 5. The fourth-order valence-corrected chi connectivity index (χ4v) is 3.36. The third kappa shape index (κ3) is 5.90. The zero-order valence-corrected chi connectivity index (χ0v) is 17.6. The van der Waals surface area contributed by atoms with Gasteiger partial charge in [-0.1, -0.05) is 19.3 Å². The third-order valence-electron chi connectivity index (χ3n) is 5.01. The number of aromatic amines is 2. The Morgan fingerprint density at radius 2 is 2.00 bits per heavy atom. The van der Waals surface area contributed by atoms with E-state index in [2.05, 4.69) is 42.8 Å². The topological polar surface area (TPSA) is 144 Å². The minimum Gasteiger partial charge on any atom is -0.482 e. The molecule has 1 aliphatic carbocycles. The van der Waals surface area contributed by atoms with Crippen molar-refractivity contribution in [3.63, 3.8) is 0 Å². The Balaban J connectivity index is 0.000000287. The Bertz CT molecular complexity index is 1060. The van der Waals surface area contributed by atoms with Crippen LogP contribution in [0.15, 0.2) is 35.5 Å². The number of nitrogens with one attached hydrogen (secondary N) is 4. The lowest BCUT2D eigenvalue weighted by molar-refractivity contribution is 0.394. The zero-order valence-electron chi connectivity index (χ0n) is 17.6. The summed E-state index contributed by atoms with van der Waals surface area (Å²) in [5.41, 5.74) is 0.863. The number of pyridine rings is 1. The molecular formula is C21H26N8O2. The normalized spacial score (nSPS) is 13.6. The van der Waals surface area contributed by atoms with Crippen molar-refractivity contribution in [3.05, 3.63) is 46.6 Å². The standard InChI is InChI=1S/C14H11N7O2.C7H15N/c1-23-14-13(10(22)2-3-16-14)9-4-11(21-20-9)19-12-7-17-8(5-15)6-18-12;1-8-7-5-3-2-4-6-7/h2-4,6-7H,1H3,(H,16,22)(H2,18,19,20,21);7-8H,2-6H2,1H3. The van der Waals surface area contributed by atoms with Gasteiger partial charge in [-0.3, -0.25) is 9.89 Å². The number of aromatic nitrogens is 5. The molecule has 0 amide bonds. The van der Waals surface area contributed by atoms with Crippen LogP contribution in [0.5, 0.6) is 5.88 Å². The van der Waals surface area contributed by atoms with Crippen LogP contribution >= 0.6 is 0 Å². The van der Waals surface area contributed by atoms with E-state index in [1.54, 1.807) is 6.07 Å². The van der Waals surface area contributed by atoms with Crippen LogP contribution in [0.4, 0.5) is 11.6 Å². The molecule has 0 aliphatic heterocycles. The summed E-state index contributed by atoms with van der Waals surface area (Å²) >= 11 is 0. The summed E-state index contributed by atoms with van der Waals surface area (Å²) < 4.78 is 5.16. The lowest BCUT2D eigenvalue weighted by atomic mass is 9.96. The van der Waals surface area contributed by atoms with Gasteiger partial charge in [-0.05, 0) is 19.9 Å². The summed E-state index contributed by atoms with van der Waals surface area (Å²) in [6.45, 7) is 0. The fraction of sp³-hybridized carbons (Fsp3) is 0.381. The highest BCUT2D eigenvalue weighted by Crippen LogP contribution is 2.24. The van der Waals surface area contributed by atoms with Crippen molar-refractivity contribution in [3.8, 4) is 23.2 Å². The van der Waals surface area contributed by atoms with Crippen LogP contribution in [0, 0.1) is 11.3 Å². The molecule has 4 rings (SSSR count). The molecule has 0 spiro atoms. The van der Waals surface area contributed by atoms with E-state index in [0.717, 1.165) is 6.04 Å². The molecule has 0 bridgehead atoms. The minimum absolute atomic E-state index is 0.200. The highest BCUT2D eigenvalue weighted by Gasteiger charge is 2.14. The number of nitrogens with zero attached hydrogens (tertiary/aromatic N) is 4. The van der Waals surface area contributed by atoms with Gasteiger partial charge in [0.15, 0.2) is 16.9 Å². The van der Waals surface area contributed by atoms with Gasteiger partial charge < -0.3 is 20.4 Å². The lowest BCUT2D eigenvalue weighted by Crippen LogP contribution is -2.26. The average molecular weight is 422 g/mol. The van der Waals surface area contributed by atoms with Crippen molar-refractivity contribution in [1.29, 1.82) is 5.26 Å². The second-order valence-electron chi connectivity index (χ2n) is 7.06. The van der Waals surface area contributed by atoms with Crippen molar-refractivity contribution >= 4 is 11.6 Å². The summed E-state index contributed by atoms with van der Waals surface area (Å²) in [7, 11) is 3.53. The number of methoxy groups -OCH3 is 1.